The number of hydrogen-bond donors (Lipinski definition) is 0. The van der Waals surface area contributed by atoms with Crippen molar-refractivity contribution in [1.82, 2.24) is 10.1 Å². The first kappa shape index (κ1) is 11.6. The van der Waals surface area contributed by atoms with E-state index >= 15 is 0 Å². The van der Waals surface area contributed by atoms with Crippen LogP contribution in [0.4, 0.5) is 0 Å². The molecule has 4 nitrogen and oxygen atoms in total. The average molecular weight is 338 g/mol. The number of thiophene rings is 2. The highest BCUT2D eigenvalue weighted by Crippen LogP contribution is 2.32. The van der Waals surface area contributed by atoms with Crippen molar-refractivity contribution >= 4 is 38.6 Å². The second kappa shape index (κ2) is 4.65. The fraction of sp³-hybridized carbons (Fsp3) is 0. The van der Waals surface area contributed by atoms with E-state index in [0.29, 0.717) is 16.6 Å². The van der Waals surface area contributed by atoms with Gasteiger partial charge in [-0.2, -0.15) is 10.2 Å². The molecule has 0 aliphatic carbocycles. The van der Waals surface area contributed by atoms with Crippen molar-refractivity contribution in [2.75, 3.05) is 0 Å². The van der Waals surface area contributed by atoms with Gasteiger partial charge in [0, 0.05) is 0 Å². The van der Waals surface area contributed by atoms with Crippen molar-refractivity contribution in [3.63, 3.8) is 0 Å². The number of nitrogens with zero attached hydrogens (tertiary/aromatic N) is 3. The highest BCUT2D eigenvalue weighted by molar-refractivity contribution is 9.11. The maximum Gasteiger partial charge on any atom is 0.268 e. The molecule has 0 saturated carbocycles. The van der Waals surface area contributed by atoms with Gasteiger partial charge in [-0.1, -0.05) is 5.16 Å². The van der Waals surface area contributed by atoms with Crippen molar-refractivity contribution in [3.8, 4) is 27.5 Å². The quantitative estimate of drug-likeness (QED) is 0.704. The van der Waals surface area contributed by atoms with Crippen molar-refractivity contribution in [3.05, 3.63) is 32.9 Å². The Bertz CT molecular complexity index is 737. The van der Waals surface area contributed by atoms with E-state index in [1.165, 1.54) is 11.3 Å². The summed E-state index contributed by atoms with van der Waals surface area (Å²) in [5.74, 6) is 1.01. The van der Waals surface area contributed by atoms with Gasteiger partial charge in [-0.05, 0) is 40.2 Å². The SMILES string of the molecule is N#Cc1ccc(-c2nc(-c3ccc(Br)s3)no2)s1. The zero-order valence-corrected chi connectivity index (χ0v) is 12.0. The van der Waals surface area contributed by atoms with Crippen molar-refractivity contribution < 1.29 is 4.52 Å². The number of hydrogen-bond acceptors (Lipinski definition) is 6. The predicted molar refractivity (Wildman–Crippen MR) is 73.3 cm³/mol. The summed E-state index contributed by atoms with van der Waals surface area (Å²) in [5, 5.41) is 12.7. The van der Waals surface area contributed by atoms with Gasteiger partial charge in [0.25, 0.3) is 5.89 Å². The smallest absolute Gasteiger partial charge is 0.268 e. The van der Waals surface area contributed by atoms with Gasteiger partial charge in [-0.25, -0.2) is 0 Å². The van der Waals surface area contributed by atoms with Gasteiger partial charge in [-0.3, -0.25) is 0 Å². The van der Waals surface area contributed by atoms with E-state index in [4.69, 9.17) is 9.78 Å². The molecule has 0 radical (unpaired) electrons. The van der Waals surface area contributed by atoms with Crippen LogP contribution in [0.15, 0.2) is 32.6 Å². The van der Waals surface area contributed by atoms with E-state index < -0.39 is 0 Å². The van der Waals surface area contributed by atoms with Crippen molar-refractivity contribution in [1.29, 1.82) is 5.26 Å². The van der Waals surface area contributed by atoms with Crippen LogP contribution in [0.3, 0.4) is 0 Å². The van der Waals surface area contributed by atoms with E-state index in [1.54, 1.807) is 17.4 Å². The predicted octanol–water partition coefficient (Wildman–Crippen LogP) is 4.16. The lowest BCUT2D eigenvalue weighted by Gasteiger charge is -1.84. The molecule has 0 aromatic carbocycles. The molecule has 0 atom stereocenters. The summed E-state index contributed by atoms with van der Waals surface area (Å²) in [4.78, 5) is 6.70. The normalized spacial score (nSPS) is 10.4. The van der Waals surface area contributed by atoms with Crippen molar-refractivity contribution in [2.45, 2.75) is 0 Å². The van der Waals surface area contributed by atoms with E-state index in [0.717, 1.165) is 13.5 Å². The molecular weight excluding hydrogens is 334 g/mol. The molecule has 0 saturated heterocycles. The third-order valence-corrected chi connectivity index (χ3v) is 4.74. The Morgan fingerprint density at radius 1 is 1.17 bits per heavy atom. The molecule has 3 aromatic heterocycles. The molecule has 0 N–H and O–H groups in total. The highest BCUT2D eigenvalue weighted by atomic mass is 79.9. The largest absolute Gasteiger partial charge is 0.333 e. The van der Waals surface area contributed by atoms with Crippen LogP contribution in [-0.2, 0) is 0 Å². The first-order valence-corrected chi connectivity index (χ1v) is 7.28. The molecule has 0 spiro atoms. The summed E-state index contributed by atoms with van der Waals surface area (Å²) in [6.45, 7) is 0. The standard InChI is InChI=1S/C11H4BrN3OS2/c12-9-4-3-7(18-9)10-14-11(16-15-10)8-2-1-6(5-13)17-8/h1-4H. The molecule has 0 amide bonds. The van der Waals surface area contributed by atoms with E-state index in [-0.39, 0.29) is 0 Å². The molecule has 7 heteroatoms. The Morgan fingerprint density at radius 3 is 2.67 bits per heavy atom. The minimum absolute atomic E-state index is 0.445. The summed E-state index contributed by atoms with van der Waals surface area (Å²) in [7, 11) is 0. The molecule has 3 heterocycles. The van der Waals surface area contributed by atoms with Crippen LogP contribution in [0.1, 0.15) is 4.88 Å². The zero-order chi connectivity index (χ0) is 12.5. The number of rotatable bonds is 2. The second-order valence-electron chi connectivity index (χ2n) is 3.30. The van der Waals surface area contributed by atoms with Gasteiger partial charge < -0.3 is 4.52 Å². The van der Waals surface area contributed by atoms with Crippen LogP contribution in [0.25, 0.3) is 21.5 Å². The fourth-order valence-electron chi connectivity index (χ4n) is 1.37. The lowest BCUT2D eigenvalue weighted by Crippen LogP contribution is -1.74. The van der Waals surface area contributed by atoms with E-state index in [1.807, 2.05) is 18.2 Å². The van der Waals surface area contributed by atoms with Gasteiger partial charge in [0.2, 0.25) is 5.82 Å². The summed E-state index contributed by atoms with van der Waals surface area (Å²) in [5.41, 5.74) is 0. The molecule has 3 aromatic rings. The Labute approximate surface area is 119 Å². The minimum Gasteiger partial charge on any atom is -0.333 e. The Balaban J connectivity index is 1.96. The number of nitriles is 1. The van der Waals surface area contributed by atoms with Crippen LogP contribution < -0.4 is 0 Å². The van der Waals surface area contributed by atoms with Crippen LogP contribution in [0.2, 0.25) is 0 Å². The van der Waals surface area contributed by atoms with Crippen LogP contribution >= 0.6 is 38.6 Å². The van der Waals surface area contributed by atoms with Gasteiger partial charge in [0.15, 0.2) is 0 Å². The average Bonchev–Trinajstić information content (AvgIpc) is 3.07. The molecule has 0 unspecified atom stereocenters. The molecule has 0 fully saturated rings. The molecule has 3 rings (SSSR count). The Morgan fingerprint density at radius 2 is 2.00 bits per heavy atom. The zero-order valence-electron chi connectivity index (χ0n) is 8.75. The molecule has 18 heavy (non-hydrogen) atoms. The molecule has 0 aliphatic rings. The van der Waals surface area contributed by atoms with Crippen LogP contribution in [0, 0.1) is 11.3 Å². The summed E-state index contributed by atoms with van der Waals surface area (Å²) < 4.78 is 6.22. The van der Waals surface area contributed by atoms with Gasteiger partial charge in [0.05, 0.1) is 13.5 Å². The second-order valence-corrected chi connectivity index (χ2v) is 6.85. The lowest BCUT2D eigenvalue weighted by atomic mass is 10.4. The van der Waals surface area contributed by atoms with Gasteiger partial charge in [-0.15, -0.1) is 22.7 Å². The minimum atomic E-state index is 0.445. The molecular formula is C11H4BrN3OS2. The number of halogens is 1. The maximum absolute atomic E-state index is 8.77. The topological polar surface area (TPSA) is 62.7 Å². The van der Waals surface area contributed by atoms with Gasteiger partial charge in [0.1, 0.15) is 10.9 Å². The summed E-state index contributed by atoms with van der Waals surface area (Å²) in [6, 6.07) is 9.50. The third kappa shape index (κ3) is 2.10. The molecule has 88 valence electrons. The van der Waals surface area contributed by atoms with Crippen LogP contribution in [-0.4, -0.2) is 10.1 Å². The lowest BCUT2D eigenvalue weighted by molar-refractivity contribution is 0.433. The van der Waals surface area contributed by atoms with Crippen molar-refractivity contribution in [2.24, 2.45) is 0 Å². The van der Waals surface area contributed by atoms with E-state index in [2.05, 4.69) is 32.1 Å². The summed E-state index contributed by atoms with van der Waals surface area (Å²) >= 11 is 6.27. The summed E-state index contributed by atoms with van der Waals surface area (Å²) in [6.07, 6.45) is 0. The van der Waals surface area contributed by atoms with E-state index in [9.17, 15) is 0 Å². The Hall–Kier alpha value is -1.49. The molecule has 0 aliphatic heterocycles. The Kier molecular flexibility index (Phi) is 2.99. The molecule has 0 bridgehead atoms. The fourth-order valence-corrected chi connectivity index (χ4v) is 3.41. The van der Waals surface area contributed by atoms with Gasteiger partial charge >= 0.3 is 0 Å². The first-order chi connectivity index (χ1) is 8.76. The van der Waals surface area contributed by atoms with Crippen LogP contribution in [0.5, 0.6) is 0 Å². The highest BCUT2D eigenvalue weighted by Gasteiger charge is 2.13. The monoisotopic (exact) mass is 337 g/mol. The first-order valence-electron chi connectivity index (χ1n) is 4.86. The number of aromatic nitrogens is 2. The maximum atomic E-state index is 8.77. The third-order valence-electron chi connectivity index (χ3n) is 2.15.